The van der Waals surface area contributed by atoms with Crippen molar-refractivity contribution in [2.45, 2.75) is 126 Å². The minimum absolute atomic E-state index is 0.0368. The molecule has 1 aromatic heterocycles. The van der Waals surface area contributed by atoms with E-state index in [-0.39, 0.29) is 45.1 Å². The van der Waals surface area contributed by atoms with E-state index in [2.05, 4.69) is 65.9 Å². The highest BCUT2D eigenvalue weighted by Crippen LogP contribution is 2.77. The second-order valence-electron chi connectivity index (χ2n) is 16.6. The molecule has 0 aromatic carbocycles. The smallest absolute Gasteiger partial charge is 0.275 e. The van der Waals surface area contributed by atoms with Crippen molar-refractivity contribution in [1.29, 1.82) is 0 Å². The van der Waals surface area contributed by atoms with Gasteiger partial charge in [0.1, 0.15) is 11.5 Å². The Morgan fingerprint density at radius 2 is 1.68 bits per heavy atom. The zero-order chi connectivity index (χ0) is 30.0. The highest BCUT2D eigenvalue weighted by atomic mass is 16.5. The Bertz CT molecular complexity index is 1320. The van der Waals surface area contributed by atoms with Gasteiger partial charge in [-0.2, -0.15) is 0 Å². The Morgan fingerprint density at radius 3 is 2.32 bits per heavy atom. The molecule has 4 fully saturated rings. The fourth-order valence-corrected chi connectivity index (χ4v) is 11.8. The second-order valence-corrected chi connectivity index (χ2v) is 16.6. The minimum atomic E-state index is -1.32. The second kappa shape index (κ2) is 8.80. The molecule has 1 heterocycles. The first kappa shape index (κ1) is 29.1. The third-order valence-electron chi connectivity index (χ3n) is 14.2. The largest absolute Gasteiger partial charge is 0.370 e. The first-order chi connectivity index (χ1) is 18.9. The molecule has 226 valence electrons. The van der Waals surface area contributed by atoms with Crippen LogP contribution in [0.3, 0.4) is 0 Å². The van der Waals surface area contributed by atoms with Crippen LogP contribution in [0.4, 0.5) is 0 Å². The summed E-state index contributed by atoms with van der Waals surface area (Å²) in [5.41, 5.74) is 1.49. The number of aryl methyl sites for hydroxylation is 1. The number of amides is 1. The summed E-state index contributed by atoms with van der Waals surface area (Å²) in [6.45, 7) is 20.6. The van der Waals surface area contributed by atoms with E-state index in [0.717, 1.165) is 37.7 Å². The number of Topliss-reactive ketones (excluding diaryl/α,β-unsaturated/α-hetero) is 1. The number of ketones is 1. The molecule has 0 unspecified atom stereocenters. The molecule has 6 nitrogen and oxygen atoms in total. The van der Waals surface area contributed by atoms with Crippen LogP contribution in [-0.4, -0.2) is 27.7 Å². The summed E-state index contributed by atoms with van der Waals surface area (Å²) in [7, 11) is 0. The van der Waals surface area contributed by atoms with Crippen LogP contribution in [0.25, 0.3) is 0 Å². The van der Waals surface area contributed by atoms with Gasteiger partial charge in [-0.05, 0) is 109 Å². The maximum atomic E-state index is 13.3. The molecule has 1 aromatic rings. The van der Waals surface area contributed by atoms with E-state index in [1.54, 1.807) is 13.0 Å². The lowest BCUT2D eigenvalue weighted by molar-refractivity contribution is -0.256. The fourth-order valence-electron chi connectivity index (χ4n) is 11.8. The van der Waals surface area contributed by atoms with E-state index in [0.29, 0.717) is 36.2 Å². The van der Waals surface area contributed by atoms with Crippen LogP contribution in [0.1, 0.15) is 129 Å². The first-order valence-electron chi connectivity index (χ1n) is 16.2. The van der Waals surface area contributed by atoms with Crippen LogP contribution >= 0.6 is 0 Å². The third-order valence-corrected chi connectivity index (χ3v) is 14.2. The van der Waals surface area contributed by atoms with Crippen LogP contribution < -0.4 is 5.32 Å². The number of aliphatic hydroxyl groups is 1. The SMILES string of the molecule is Cc1cc(C(=O)N[C@]2(O)CC[C@]3(C)[C@H]4CC[C@@H]5C6=C(C(C)C)C(=O)C[C@]6(C)CC[C@@]5(C)[C@]4(C)CC[C@H]3C2(C)C)no1. The molecule has 1 amide bonds. The van der Waals surface area contributed by atoms with E-state index in [1.807, 2.05) is 0 Å². The van der Waals surface area contributed by atoms with Gasteiger partial charge in [0.05, 0.1) is 0 Å². The van der Waals surface area contributed by atoms with Gasteiger partial charge < -0.3 is 14.9 Å². The molecule has 2 N–H and O–H groups in total. The van der Waals surface area contributed by atoms with Crippen LogP contribution in [0, 0.1) is 57.7 Å². The minimum Gasteiger partial charge on any atom is -0.370 e. The van der Waals surface area contributed by atoms with Gasteiger partial charge >= 0.3 is 0 Å². The maximum Gasteiger partial charge on any atom is 0.275 e. The van der Waals surface area contributed by atoms with Crippen molar-refractivity contribution < 1.29 is 19.2 Å². The normalized spacial score (nSPS) is 45.1. The zero-order valence-corrected chi connectivity index (χ0v) is 26.9. The lowest BCUT2D eigenvalue weighted by Gasteiger charge is -2.73. The molecule has 4 saturated carbocycles. The van der Waals surface area contributed by atoms with Gasteiger partial charge in [-0.15, -0.1) is 0 Å². The van der Waals surface area contributed by atoms with Crippen molar-refractivity contribution in [3.8, 4) is 0 Å². The molecule has 41 heavy (non-hydrogen) atoms. The number of carbonyl (C=O) groups is 2. The predicted molar refractivity (Wildman–Crippen MR) is 159 cm³/mol. The number of fused-ring (bicyclic) bond motifs is 7. The van der Waals surface area contributed by atoms with Crippen molar-refractivity contribution in [2.75, 3.05) is 0 Å². The van der Waals surface area contributed by atoms with E-state index >= 15 is 0 Å². The van der Waals surface area contributed by atoms with Crippen LogP contribution in [0.2, 0.25) is 0 Å². The van der Waals surface area contributed by atoms with Crippen molar-refractivity contribution in [2.24, 2.45) is 50.7 Å². The summed E-state index contributed by atoms with van der Waals surface area (Å²) in [6.07, 6.45) is 8.88. The lowest BCUT2D eigenvalue weighted by Crippen LogP contribution is -2.71. The molecule has 5 aliphatic carbocycles. The van der Waals surface area contributed by atoms with Crippen LogP contribution in [-0.2, 0) is 4.79 Å². The van der Waals surface area contributed by atoms with E-state index in [1.165, 1.54) is 18.4 Å². The number of hydrogen-bond acceptors (Lipinski definition) is 5. The molecule has 0 aliphatic heterocycles. The third kappa shape index (κ3) is 3.67. The molecule has 8 atom stereocenters. The highest BCUT2D eigenvalue weighted by Gasteiger charge is 2.71. The number of rotatable bonds is 3. The van der Waals surface area contributed by atoms with E-state index < -0.39 is 11.1 Å². The monoisotopic (exact) mass is 564 g/mol. The molecule has 0 spiro atoms. The van der Waals surface area contributed by atoms with E-state index in [4.69, 9.17) is 4.52 Å². The van der Waals surface area contributed by atoms with Gasteiger partial charge in [0.25, 0.3) is 5.91 Å². The van der Waals surface area contributed by atoms with Crippen molar-refractivity contribution in [3.05, 3.63) is 28.7 Å². The summed E-state index contributed by atoms with van der Waals surface area (Å²) < 4.78 is 5.13. The van der Waals surface area contributed by atoms with Crippen LogP contribution in [0.15, 0.2) is 21.7 Å². The molecule has 0 radical (unpaired) electrons. The molecule has 6 rings (SSSR count). The predicted octanol–water partition coefficient (Wildman–Crippen LogP) is 7.40. The first-order valence-corrected chi connectivity index (χ1v) is 16.2. The number of carbonyl (C=O) groups excluding carboxylic acids is 2. The van der Waals surface area contributed by atoms with Gasteiger partial charge in [-0.1, -0.05) is 66.1 Å². The molecular formula is C35H52N2O4. The average molecular weight is 565 g/mol. The molecular weight excluding hydrogens is 512 g/mol. The Morgan fingerprint density at radius 1 is 0.976 bits per heavy atom. The highest BCUT2D eigenvalue weighted by molar-refractivity contribution is 6.00. The molecule has 0 bridgehead atoms. The van der Waals surface area contributed by atoms with Gasteiger partial charge in [0, 0.05) is 17.9 Å². The zero-order valence-electron chi connectivity index (χ0n) is 26.9. The quantitative estimate of drug-likeness (QED) is 0.373. The Hall–Kier alpha value is -1.95. The Kier molecular flexibility index (Phi) is 6.25. The topological polar surface area (TPSA) is 92.4 Å². The number of nitrogens with zero attached hydrogens (tertiary/aromatic N) is 1. The number of hydrogen-bond donors (Lipinski definition) is 2. The Balaban J connectivity index is 1.34. The van der Waals surface area contributed by atoms with Crippen molar-refractivity contribution in [3.63, 3.8) is 0 Å². The number of aromatic nitrogens is 1. The summed E-state index contributed by atoms with van der Waals surface area (Å²) in [4.78, 5) is 26.5. The van der Waals surface area contributed by atoms with Crippen molar-refractivity contribution in [1.82, 2.24) is 10.5 Å². The van der Waals surface area contributed by atoms with Crippen molar-refractivity contribution >= 4 is 11.7 Å². The maximum absolute atomic E-state index is 13.3. The number of nitrogens with one attached hydrogen (secondary N) is 1. The van der Waals surface area contributed by atoms with Gasteiger partial charge in [-0.25, -0.2) is 0 Å². The fraction of sp³-hybridized carbons (Fsp3) is 0.800. The molecule has 0 saturated heterocycles. The summed E-state index contributed by atoms with van der Waals surface area (Å²) in [5, 5.41) is 19.0. The summed E-state index contributed by atoms with van der Waals surface area (Å²) >= 11 is 0. The summed E-state index contributed by atoms with van der Waals surface area (Å²) in [6, 6.07) is 1.62. The standard InChI is InChI=1S/C35H52N2O4/c1-20(2)27-24(38)19-31(6)14-16-33(8)22(28(27)31)10-11-26-32(7)15-17-35(40,36-29(39)23-18-21(3)41-37-23)30(4,5)25(32)12-13-34(26,33)9/h18,20,22,25-26,40H,10-17,19H2,1-9H3,(H,36,39)/t22-,25+,26-,31+,32+,33-,34-,35+/m1/s1. The lowest BCUT2D eigenvalue weighted by atomic mass is 9.32. The number of allylic oxidation sites excluding steroid dienone is 2. The van der Waals surface area contributed by atoms with Gasteiger partial charge in [0.15, 0.2) is 11.5 Å². The molecule has 6 heteroatoms. The van der Waals surface area contributed by atoms with Gasteiger partial charge in [-0.3, -0.25) is 9.59 Å². The summed E-state index contributed by atoms with van der Waals surface area (Å²) in [5.74, 6) is 2.19. The van der Waals surface area contributed by atoms with Gasteiger partial charge in [0.2, 0.25) is 0 Å². The average Bonchev–Trinajstić information content (AvgIpc) is 3.42. The van der Waals surface area contributed by atoms with Crippen LogP contribution in [0.5, 0.6) is 0 Å². The molecule has 5 aliphatic rings. The Labute approximate surface area is 246 Å². The van der Waals surface area contributed by atoms with E-state index in [9.17, 15) is 14.7 Å².